The zero-order valence-electron chi connectivity index (χ0n) is 15.1. The number of aryl methyl sites for hydroxylation is 2. The van der Waals surface area contributed by atoms with Gasteiger partial charge in [0.2, 0.25) is 0 Å². The third-order valence-corrected chi connectivity index (χ3v) is 4.21. The summed E-state index contributed by atoms with van der Waals surface area (Å²) in [6.07, 6.45) is 4.26. The summed E-state index contributed by atoms with van der Waals surface area (Å²) in [5.74, 6) is 2.80. The van der Waals surface area contributed by atoms with Crippen LogP contribution in [-0.2, 0) is 6.54 Å². The van der Waals surface area contributed by atoms with E-state index in [0.29, 0.717) is 12.6 Å². The van der Waals surface area contributed by atoms with E-state index in [-0.39, 0.29) is 24.0 Å². The van der Waals surface area contributed by atoms with Crippen LogP contribution in [0.5, 0.6) is 0 Å². The fraction of sp³-hybridized carbons (Fsp3) is 0.611. The highest BCUT2D eigenvalue weighted by molar-refractivity contribution is 14.0. The van der Waals surface area contributed by atoms with Crippen LogP contribution in [0.25, 0.3) is 0 Å². The van der Waals surface area contributed by atoms with Crippen molar-refractivity contribution >= 4 is 29.9 Å². The zero-order chi connectivity index (χ0) is 16.7. The number of nitrogens with zero attached hydrogens (tertiary/aromatic N) is 2. The van der Waals surface area contributed by atoms with E-state index in [9.17, 15) is 0 Å². The second-order valence-electron chi connectivity index (χ2n) is 6.14. The Kier molecular flexibility index (Phi) is 9.43. The van der Waals surface area contributed by atoms with Gasteiger partial charge in [-0.3, -0.25) is 4.90 Å². The van der Waals surface area contributed by atoms with Crippen molar-refractivity contribution in [3.05, 3.63) is 35.8 Å². The fourth-order valence-corrected chi connectivity index (χ4v) is 2.96. The second-order valence-corrected chi connectivity index (χ2v) is 6.14. The molecule has 2 rings (SSSR count). The normalized spacial score (nSPS) is 16.5. The molecule has 0 amide bonds. The average Bonchev–Trinajstić information content (AvgIpc) is 2.85. The lowest BCUT2D eigenvalue weighted by Gasteiger charge is -2.32. The number of halogens is 1. The van der Waals surface area contributed by atoms with Gasteiger partial charge in [-0.2, -0.15) is 0 Å². The van der Waals surface area contributed by atoms with Crippen molar-refractivity contribution in [2.24, 2.45) is 4.99 Å². The Morgan fingerprint density at radius 2 is 2.12 bits per heavy atom. The van der Waals surface area contributed by atoms with E-state index < -0.39 is 0 Å². The monoisotopic (exact) mass is 446 g/mol. The lowest BCUT2D eigenvalue weighted by atomic mass is 10.1. The van der Waals surface area contributed by atoms with Gasteiger partial charge >= 0.3 is 0 Å². The topological polar surface area (TPSA) is 52.8 Å². The van der Waals surface area contributed by atoms with Gasteiger partial charge in [0.15, 0.2) is 5.96 Å². The van der Waals surface area contributed by atoms with Crippen LogP contribution >= 0.6 is 24.0 Å². The molecule has 1 saturated heterocycles. The number of hydrogen-bond acceptors (Lipinski definition) is 3. The first-order valence-electron chi connectivity index (χ1n) is 8.56. The Balaban J connectivity index is 0.00000288. The number of furan rings is 1. The maximum absolute atomic E-state index is 5.57. The number of hydrogen-bond donors (Lipinski definition) is 2. The summed E-state index contributed by atoms with van der Waals surface area (Å²) in [6.45, 7) is 14.6. The summed E-state index contributed by atoms with van der Waals surface area (Å²) in [6, 6.07) is 2.55. The number of rotatable bonds is 6. The number of piperidine rings is 1. The highest BCUT2D eigenvalue weighted by Crippen LogP contribution is 2.15. The molecule has 0 bridgehead atoms. The van der Waals surface area contributed by atoms with Crippen LogP contribution in [0.15, 0.2) is 28.1 Å². The molecule has 0 atom stereocenters. The van der Waals surface area contributed by atoms with Crippen molar-refractivity contribution < 1.29 is 4.42 Å². The summed E-state index contributed by atoms with van der Waals surface area (Å²) >= 11 is 0. The van der Waals surface area contributed by atoms with E-state index >= 15 is 0 Å². The molecule has 5 nitrogen and oxygen atoms in total. The Hall–Kier alpha value is -1.02. The Morgan fingerprint density at radius 3 is 2.67 bits per heavy atom. The van der Waals surface area contributed by atoms with Crippen LogP contribution in [0.3, 0.4) is 0 Å². The first kappa shape index (κ1) is 21.0. The minimum Gasteiger partial charge on any atom is -0.466 e. The quantitative estimate of drug-likeness (QED) is 0.305. The van der Waals surface area contributed by atoms with E-state index in [0.717, 1.165) is 62.1 Å². The first-order valence-corrected chi connectivity index (χ1v) is 8.56. The SMILES string of the molecule is C=CCN1CCC(NC(=NCc2cc(C)oc2C)NCC)CC1.I. The molecule has 1 aromatic rings. The summed E-state index contributed by atoms with van der Waals surface area (Å²) in [5.41, 5.74) is 1.15. The van der Waals surface area contributed by atoms with E-state index in [2.05, 4.69) is 35.1 Å². The van der Waals surface area contributed by atoms with Gasteiger partial charge in [-0.1, -0.05) is 6.08 Å². The molecule has 6 heteroatoms. The predicted octanol–water partition coefficient (Wildman–Crippen LogP) is 3.22. The van der Waals surface area contributed by atoms with Gasteiger partial charge in [0, 0.05) is 37.8 Å². The number of nitrogens with one attached hydrogen (secondary N) is 2. The molecule has 1 aliphatic rings. The highest BCUT2D eigenvalue weighted by Gasteiger charge is 2.19. The molecule has 2 heterocycles. The molecule has 1 aliphatic heterocycles. The molecular weight excluding hydrogens is 415 g/mol. The molecule has 0 aliphatic carbocycles. The van der Waals surface area contributed by atoms with Crippen molar-refractivity contribution in [3.63, 3.8) is 0 Å². The van der Waals surface area contributed by atoms with Crippen molar-refractivity contribution in [1.82, 2.24) is 15.5 Å². The van der Waals surface area contributed by atoms with Crippen molar-refractivity contribution in [3.8, 4) is 0 Å². The maximum Gasteiger partial charge on any atom is 0.191 e. The third-order valence-electron chi connectivity index (χ3n) is 4.21. The number of aliphatic imine (C=N–C) groups is 1. The molecule has 1 aromatic heterocycles. The lowest BCUT2D eigenvalue weighted by Crippen LogP contribution is -2.48. The van der Waals surface area contributed by atoms with Crippen LogP contribution in [0.2, 0.25) is 0 Å². The van der Waals surface area contributed by atoms with E-state index in [4.69, 9.17) is 9.41 Å². The van der Waals surface area contributed by atoms with Crippen molar-refractivity contribution in [2.75, 3.05) is 26.2 Å². The highest BCUT2D eigenvalue weighted by atomic mass is 127. The lowest BCUT2D eigenvalue weighted by molar-refractivity contribution is 0.225. The molecule has 0 unspecified atom stereocenters. The van der Waals surface area contributed by atoms with Crippen LogP contribution in [0.4, 0.5) is 0 Å². The largest absolute Gasteiger partial charge is 0.466 e. The molecule has 0 saturated carbocycles. The fourth-order valence-electron chi connectivity index (χ4n) is 2.96. The van der Waals surface area contributed by atoms with Gasteiger partial charge in [0.05, 0.1) is 6.54 Å². The van der Waals surface area contributed by atoms with E-state index in [1.807, 2.05) is 19.9 Å². The number of guanidine groups is 1. The minimum atomic E-state index is 0. The second kappa shape index (κ2) is 10.8. The Bertz CT molecular complexity index is 533. The Labute approximate surface area is 163 Å². The summed E-state index contributed by atoms with van der Waals surface area (Å²) in [4.78, 5) is 7.15. The van der Waals surface area contributed by atoms with E-state index in [1.54, 1.807) is 0 Å². The summed E-state index contributed by atoms with van der Waals surface area (Å²) in [5, 5.41) is 6.91. The molecule has 0 aromatic carbocycles. The predicted molar refractivity (Wildman–Crippen MR) is 111 cm³/mol. The van der Waals surface area contributed by atoms with Crippen molar-refractivity contribution in [2.45, 2.75) is 46.2 Å². The van der Waals surface area contributed by atoms with Gasteiger partial charge in [0.25, 0.3) is 0 Å². The summed E-state index contributed by atoms with van der Waals surface area (Å²) < 4.78 is 5.57. The maximum atomic E-state index is 5.57. The molecular formula is C18H31IN4O. The molecule has 0 spiro atoms. The zero-order valence-corrected chi connectivity index (χ0v) is 17.4. The van der Waals surface area contributed by atoms with Crippen LogP contribution in [0, 0.1) is 13.8 Å². The Morgan fingerprint density at radius 1 is 1.42 bits per heavy atom. The van der Waals surface area contributed by atoms with Crippen LogP contribution in [-0.4, -0.2) is 43.1 Å². The van der Waals surface area contributed by atoms with Crippen LogP contribution < -0.4 is 10.6 Å². The molecule has 2 N–H and O–H groups in total. The molecule has 0 radical (unpaired) electrons. The third kappa shape index (κ3) is 6.47. The average molecular weight is 446 g/mol. The summed E-state index contributed by atoms with van der Waals surface area (Å²) in [7, 11) is 0. The standard InChI is InChI=1S/C18H30N4O.HI/c1-5-9-22-10-7-17(8-11-22)21-18(19-6-2)20-13-16-12-14(3)23-15(16)4;/h5,12,17H,1,6-11,13H2,2-4H3,(H2,19,20,21);1H. The number of likely N-dealkylation sites (tertiary alicyclic amines) is 1. The molecule has 136 valence electrons. The van der Waals surface area contributed by atoms with Crippen LogP contribution in [0.1, 0.15) is 36.8 Å². The first-order chi connectivity index (χ1) is 11.1. The van der Waals surface area contributed by atoms with Crippen molar-refractivity contribution in [1.29, 1.82) is 0 Å². The van der Waals surface area contributed by atoms with E-state index in [1.165, 1.54) is 0 Å². The van der Waals surface area contributed by atoms with Gasteiger partial charge in [-0.15, -0.1) is 30.6 Å². The molecule has 24 heavy (non-hydrogen) atoms. The minimum absolute atomic E-state index is 0. The van der Waals surface area contributed by atoms with Gasteiger partial charge in [-0.05, 0) is 39.7 Å². The molecule has 1 fully saturated rings. The van der Waals surface area contributed by atoms with Gasteiger partial charge < -0.3 is 15.1 Å². The van der Waals surface area contributed by atoms with Gasteiger partial charge in [0.1, 0.15) is 11.5 Å². The van der Waals surface area contributed by atoms with Gasteiger partial charge in [-0.25, -0.2) is 4.99 Å². The smallest absolute Gasteiger partial charge is 0.191 e.